The van der Waals surface area contributed by atoms with E-state index < -0.39 is 15.9 Å². The van der Waals surface area contributed by atoms with E-state index in [9.17, 15) is 13.2 Å². The van der Waals surface area contributed by atoms with Gasteiger partial charge in [0, 0.05) is 6.04 Å². The van der Waals surface area contributed by atoms with Gasteiger partial charge in [0.25, 0.3) is 5.91 Å². The fourth-order valence-electron chi connectivity index (χ4n) is 2.05. The topological polar surface area (TPSA) is 118 Å². The fourth-order valence-corrected chi connectivity index (χ4v) is 2.99. The van der Waals surface area contributed by atoms with E-state index in [-0.39, 0.29) is 16.6 Å². The molecule has 1 aromatic rings. The van der Waals surface area contributed by atoms with Gasteiger partial charge < -0.3 is 5.32 Å². The molecule has 1 atom stereocenters. The highest BCUT2D eigenvalue weighted by atomic mass is 32.2. The van der Waals surface area contributed by atoms with E-state index in [4.69, 9.17) is 5.14 Å². The Kier molecular flexibility index (Phi) is 5.70. The summed E-state index contributed by atoms with van der Waals surface area (Å²) in [6, 6.07) is 0.00241. The Hall–Kier alpha value is -1.41. The summed E-state index contributed by atoms with van der Waals surface area (Å²) in [4.78, 5) is 12.0. The van der Waals surface area contributed by atoms with Crippen LogP contribution < -0.4 is 10.5 Å². The van der Waals surface area contributed by atoms with Gasteiger partial charge in [-0.05, 0) is 19.3 Å². The molecule has 1 amide bonds. The highest BCUT2D eigenvalue weighted by Gasteiger charge is 2.27. The first-order valence-electron chi connectivity index (χ1n) is 6.75. The number of rotatable bonds is 7. The van der Waals surface area contributed by atoms with Crippen molar-refractivity contribution in [2.75, 3.05) is 0 Å². The van der Waals surface area contributed by atoms with Gasteiger partial charge in [0.2, 0.25) is 10.0 Å². The van der Waals surface area contributed by atoms with Crippen LogP contribution in [0.4, 0.5) is 0 Å². The van der Waals surface area contributed by atoms with E-state index in [0.29, 0.717) is 12.1 Å². The monoisotopic (exact) mass is 302 g/mol. The average Bonchev–Trinajstić information content (AvgIpc) is 2.81. The number of primary sulfonamides is 1. The zero-order valence-electron chi connectivity index (χ0n) is 12.1. The van der Waals surface area contributed by atoms with Gasteiger partial charge in [-0.1, -0.05) is 27.2 Å². The number of nitrogens with zero attached hydrogens (tertiary/aromatic N) is 1. The van der Waals surface area contributed by atoms with Crippen LogP contribution in [-0.2, 0) is 16.4 Å². The van der Waals surface area contributed by atoms with Gasteiger partial charge in [-0.25, -0.2) is 13.6 Å². The minimum absolute atomic E-state index is 0.00241. The van der Waals surface area contributed by atoms with Gasteiger partial charge in [0.1, 0.15) is 4.90 Å². The average molecular weight is 302 g/mol. The van der Waals surface area contributed by atoms with Crippen molar-refractivity contribution in [2.45, 2.75) is 57.4 Å². The van der Waals surface area contributed by atoms with Gasteiger partial charge in [-0.2, -0.15) is 5.10 Å². The Morgan fingerprint density at radius 2 is 2.05 bits per heavy atom. The van der Waals surface area contributed by atoms with E-state index in [1.54, 1.807) is 6.92 Å². The molecule has 1 heterocycles. The Morgan fingerprint density at radius 3 is 2.50 bits per heavy atom. The fraction of sp³-hybridized carbons (Fsp3) is 0.667. The summed E-state index contributed by atoms with van der Waals surface area (Å²) in [5.41, 5.74) is 0.195. The van der Waals surface area contributed by atoms with Crippen LogP contribution in [0.1, 0.15) is 56.2 Å². The number of hydrogen-bond donors (Lipinski definition) is 3. The number of nitrogens with one attached hydrogen (secondary N) is 2. The molecule has 7 nitrogen and oxygen atoms in total. The van der Waals surface area contributed by atoms with Gasteiger partial charge >= 0.3 is 0 Å². The molecule has 0 radical (unpaired) electrons. The first-order chi connectivity index (χ1) is 9.35. The van der Waals surface area contributed by atoms with Crippen LogP contribution in [0.15, 0.2) is 4.90 Å². The molecular formula is C12H22N4O3S. The van der Waals surface area contributed by atoms with Crippen LogP contribution in [0.5, 0.6) is 0 Å². The molecule has 1 aromatic heterocycles. The van der Waals surface area contributed by atoms with E-state index in [1.807, 2.05) is 13.8 Å². The number of carbonyl (C=O) groups is 1. The van der Waals surface area contributed by atoms with Crippen LogP contribution in [0, 0.1) is 0 Å². The lowest BCUT2D eigenvalue weighted by Crippen LogP contribution is -2.35. The zero-order chi connectivity index (χ0) is 15.3. The number of aromatic amines is 1. The van der Waals surface area contributed by atoms with Crippen molar-refractivity contribution in [3.05, 3.63) is 11.4 Å². The first-order valence-corrected chi connectivity index (χ1v) is 8.30. The summed E-state index contributed by atoms with van der Waals surface area (Å²) in [7, 11) is -3.99. The maximum Gasteiger partial charge on any atom is 0.273 e. The van der Waals surface area contributed by atoms with Crippen molar-refractivity contribution in [3.8, 4) is 0 Å². The molecule has 0 aromatic carbocycles. The summed E-state index contributed by atoms with van der Waals surface area (Å²) in [5.74, 6) is -0.509. The van der Waals surface area contributed by atoms with Crippen LogP contribution in [0.25, 0.3) is 0 Å². The molecule has 0 saturated heterocycles. The lowest BCUT2D eigenvalue weighted by molar-refractivity contribution is 0.0925. The molecule has 1 unspecified atom stereocenters. The number of carbonyl (C=O) groups excluding carboxylic acids is 1. The molecule has 0 fully saturated rings. The smallest absolute Gasteiger partial charge is 0.273 e. The molecular weight excluding hydrogens is 280 g/mol. The third-order valence-corrected chi connectivity index (χ3v) is 4.12. The van der Waals surface area contributed by atoms with E-state index in [1.165, 1.54) is 0 Å². The van der Waals surface area contributed by atoms with E-state index in [0.717, 1.165) is 19.3 Å². The molecule has 4 N–H and O–H groups in total. The summed E-state index contributed by atoms with van der Waals surface area (Å²) in [6.45, 7) is 5.74. The highest BCUT2D eigenvalue weighted by molar-refractivity contribution is 7.89. The predicted molar refractivity (Wildman–Crippen MR) is 75.8 cm³/mol. The van der Waals surface area contributed by atoms with Gasteiger partial charge in [0.05, 0.1) is 5.69 Å². The minimum atomic E-state index is -3.99. The van der Waals surface area contributed by atoms with Crippen molar-refractivity contribution in [2.24, 2.45) is 5.14 Å². The van der Waals surface area contributed by atoms with Crippen LogP contribution >= 0.6 is 0 Å². The molecule has 0 bridgehead atoms. The molecule has 8 heteroatoms. The minimum Gasteiger partial charge on any atom is -0.348 e. The lowest BCUT2D eigenvalue weighted by Gasteiger charge is -2.15. The summed E-state index contributed by atoms with van der Waals surface area (Å²) < 4.78 is 23.2. The zero-order valence-corrected chi connectivity index (χ0v) is 12.9. The largest absolute Gasteiger partial charge is 0.348 e. The number of nitrogens with two attached hydrogens (primary N) is 1. The molecule has 0 aliphatic carbocycles. The second-order valence-corrected chi connectivity index (χ2v) is 6.14. The number of aromatic nitrogens is 2. The maximum absolute atomic E-state index is 12.2. The highest BCUT2D eigenvalue weighted by Crippen LogP contribution is 2.17. The summed E-state index contributed by atoms with van der Waals surface area (Å²) >= 11 is 0. The van der Waals surface area contributed by atoms with Crippen molar-refractivity contribution in [3.63, 3.8) is 0 Å². The molecule has 0 aliphatic heterocycles. The van der Waals surface area contributed by atoms with E-state index >= 15 is 0 Å². The summed E-state index contributed by atoms with van der Waals surface area (Å²) in [5, 5.41) is 14.3. The second-order valence-electron chi connectivity index (χ2n) is 4.65. The summed E-state index contributed by atoms with van der Waals surface area (Å²) in [6.07, 6.45) is 2.94. The Balaban J connectivity index is 3.08. The molecule has 0 spiro atoms. The Labute approximate surface area is 119 Å². The number of aryl methyl sites for hydroxylation is 1. The molecule has 114 valence electrons. The Bertz CT molecular complexity index is 565. The van der Waals surface area contributed by atoms with Crippen molar-refractivity contribution in [1.29, 1.82) is 0 Å². The normalized spacial score (nSPS) is 13.2. The number of H-pyrrole nitrogens is 1. The lowest BCUT2D eigenvalue weighted by atomic mass is 10.1. The van der Waals surface area contributed by atoms with Crippen molar-refractivity contribution >= 4 is 15.9 Å². The van der Waals surface area contributed by atoms with Crippen LogP contribution in [-0.4, -0.2) is 30.6 Å². The first kappa shape index (κ1) is 16.6. The Morgan fingerprint density at radius 1 is 1.40 bits per heavy atom. The third-order valence-electron chi connectivity index (χ3n) is 3.11. The van der Waals surface area contributed by atoms with Crippen molar-refractivity contribution in [1.82, 2.24) is 15.5 Å². The van der Waals surface area contributed by atoms with Gasteiger partial charge in [-0.15, -0.1) is 0 Å². The number of hydrogen-bond acceptors (Lipinski definition) is 4. The molecule has 1 rings (SSSR count). The second kappa shape index (κ2) is 6.85. The molecule has 20 heavy (non-hydrogen) atoms. The van der Waals surface area contributed by atoms with Crippen molar-refractivity contribution < 1.29 is 13.2 Å². The molecule has 0 saturated carbocycles. The van der Waals surface area contributed by atoms with Gasteiger partial charge in [-0.3, -0.25) is 9.89 Å². The number of amides is 1. The quantitative estimate of drug-likeness (QED) is 0.694. The van der Waals surface area contributed by atoms with Crippen LogP contribution in [0.3, 0.4) is 0 Å². The SMILES string of the molecule is CCCC(CC)NC(=O)c1n[nH]c(CC)c1S(N)(=O)=O. The number of sulfonamides is 1. The third kappa shape index (κ3) is 3.80. The van der Waals surface area contributed by atoms with Crippen LogP contribution in [0.2, 0.25) is 0 Å². The maximum atomic E-state index is 12.2. The molecule has 0 aliphatic rings. The van der Waals surface area contributed by atoms with E-state index in [2.05, 4.69) is 15.5 Å². The standard InChI is InChI=1S/C12H22N4O3S/c1-4-7-8(5-2)14-12(17)10-11(20(13,18)19)9(6-3)15-16-10/h8H,4-7H2,1-3H3,(H,14,17)(H,15,16)(H2,13,18,19). The van der Waals surface area contributed by atoms with Gasteiger partial charge in [0.15, 0.2) is 5.69 Å². The predicted octanol–water partition coefficient (Wildman–Crippen LogP) is 0.928.